The van der Waals surface area contributed by atoms with Crippen LogP contribution < -0.4 is 11.2 Å². The minimum atomic E-state index is -0.424. The maximum Gasteiger partial charge on any atom is 0.330 e. The van der Waals surface area contributed by atoms with Gasteiger partial charge in [-0.3, -0.25) is 14.3 Å². The van der Waals surface area contributed by atoms with Gasteiger partial charge in [0.15, 0.2) is 5.65 Å². The minimum Gasteiger partial charge on any atom is -0.382 e. The molecule has 0 spiro atoms. The number of nitrogens with zero attached hydrogens (tertiary/aromatic N) is 2. The van der Waals surface area contributed by atoms with Crippen molar-refractivity contribution in [2.24, 2.45) is 0 Å². The molecule has 0 saturated carbocycles. The average Bonchev–Trinajstić information content (AvgIpc) is 2.79. The number of aromatic amines is 2. The van der Waals surface area contributed by atoms with Gasteiger partial charge in [0.2, 0.25) is 0 Å². The predicted molar refractivity (Wildman–Crippen MR) is 71.5 cm³/mol. The van der Waals surface area contributed by atoms with Crippen molar-refractivity contribution in [2.75, 3.05) is 13.2 Å². The highest BCUT2D eigenvalue weighted by molar-refractivity contribution is 5.69. The molecule has 0 saturated heterocycles. The van der Waals surface area contributed by atoms with Crippen molar-refractivity contribution in [3.8, 4) is 0 Å². The van der Waals surface area contributed by atoms with Crippen molar-refractivity contribution >= 4 is 11.2 Å². The van der Waals surface area contributed by atoms with Gasteiger partial charge in [-0.25, -0.2) is 9.78 Å². The smallest absolute Gasteiger partial charge is 0.330 e. The van der Waals surface area contributed by atoms with E-state index in [0.29, 0.717) is 43.2 Å². The summed E-state index contributed by atoms with van der Waals surface area (Å²) in [5.41, 5.74) is -0.0730. The number of rotatable bonds is 6. The number of aryl methyl sites for hydroxylation is 2. The van der Waals surface area contributed by atoms with E-state index in [2.05, 4.69) is 15.0 Å². The first kappa shape index (κ1) is 13.5. The number of fused-ring (bicyclic) bond motifs is 1. The van der Waals surface area contributed by atoms with Crippen LogP contribution in [0, 0.1) is 0 Å². The molecule has 0 aliphatic heterocycles. The van der Waals surface area contributed by atoms with Crippen molar-refractivity contribution < 1.29 is 4.74 Å². The molecule has 0 unspecified atom stereocenters. The highest BCUT2D eigenvalue weighted by Crippen LogP contribution is 2.06. The van der Waals surface area contributed by atoms with Crippen molar-refractivity contribution in [1.29, 1.82) is 0 Å². The fourth-order valence-corrected chi connectivity index (χ4v) is 1.99. The second-order valence-corrected chi connectivity index (χ2v) is 4.19. The number of imidazole rings is 1. The average molecular weight is 266 g/mol. The molecule has 2 aromatic heterocycles. The third-order valence-corrected chi connectivity index (χ3v) is 2.90. The lowest BCUT2D eigenvalue weighted by atomic mass is 10.3. The lowest BCUT2D eigenvalue weighted by molar-refractivity contribution is 0.145. The van der Waals surface area contributed by atoms with Gasteiger partial charge >= 0.3 is 5.69 Å². The molecule has 0 atom stereocenters. The number of hydrogen-bond donors (Lipinski definition) is 2. The SMILES string of the molecule is CCOCCCc1nc2c([nH]1)c(=O)[nH]c(=O)n2CC. The molecule has 0 aliphatic rings. The minimum absolute atomic E-state index is 0.354. The largest absolute Gasteiger partial charge is 0.382 e. The lowest BCUT2D eigenvalue weighted by Gasteiger charge is -2.00. The first-order chi connectivity index (χ1) is 9.17. The number of hydrogen-bond acceptors (Lipinski definition) is 4. The molecule has 2 aromatic rings. The standard InChI is InChI=1S/C12H18N4O3/c1-3-16-10-9(11(17)15-12(16)18)13-8(14-10)6-5-7-19-4-2/h3-7H2,1-2H3,(H,13,14)(H,15,17,18). The Hall–Kier alpha value is -1.89. The Morgan fingerprint density at radius 2 is 2.05 bits per heavy atom. The van der Waals surface area contributed by atoms with Crippen molar-refractivity contribution in [3.05, 3.63) is 26.7 Å². The second kappa shape index (κ2) is 5.83. The van der Waals surface area contributed by atoms with E-state index in [4.69, 9.17) is 4.74 Å². The van der Waals surface area contributed by atoms with Crippen molar-refractivity contribution in [1.82, 2.24) is 19.5 Å². The van der Waals surface area contributed by atoms with Gasteiger partial charge in [-0.15, -0.1) is 0 Å². The fraction of sp³-hybridized carbons (Fsp3) is 0.583. The van der Waals surface area contributed by atoms with Crippen LogP contribution in [0.4, 0.5) is 0 Å². The van der Waals surface area contributed by atoms with Gasteiger partial charge in [0.05, 0.1) is 0 Å². The van der Waals surface area contributed by atoms with E-state index < -0.39 is 11.2 Å². The van der Waals surface area contributed by atoms with Crippen LogP contribution in [0.2, 0.25) is 0 Å². The van der Waals surface area contributed by atoms with E-state index in [1.54, 1.807) is 0 Å². The molecule has 0 aromatic carbocycles. The van der Waals surface area contributed by atoms with Crippen molar-refractivity contribution in [3.63, 3.8) is 0 Å². The van der Waals surface area contributed by atoms with Crippen LogP contribution in [-0.2, 0) is 17.7 Å². The van der Waals surface area contributed by atoms with Crippen LogP contribution in [0.15, 0.2) is 9.59 Å². The number of nitrogens with one attached hydrogen (secondary N) is 2. The topological polar surface area (TPSA) is 92.8 Å². The van der Waals surface area contributed by atoms with Gasteiger partial charge in [-0.1, -0.05) is 0 Å². The second-order valence-electron chi connectivity index (χ2n) is 4.19. The van der Waals surface area contributed by atoms with Crippen LogP contribution in [0.5, 0.6) is 0 Å². The summed E-state index contributed by atoms with van der Waals surface area (Å²) in [6.45, 7) is 5.60. The summed E-state index contributed by atoms with van der Waals surface area (Å²) in [6.07, 6.45) is 1.51. The third kappa shape index (κ3) is 2.76. The van der Waals surface area contributed by atoms with Crippen LogP contribution in [0.3, 0.4) is 0 Å². The highest BCUT2D eigenvalue weighted by atomic mass is 16.5. The predicted octanol–water partition coefficient (Wildman–Crippen LogP) is 0.402. The maximum atomic E-state index is 11.7. The van der Waals surface area contributed by atoms with Crippen LogP contribution in [-0.4, -0.2) is 32.7 Å². The van der Waals surface area contributed by atoms with Crippen molar-refractivity contribution in [2.45, 2.75) is 33.2 Å². The molecule has 19 heavy (non-hydrogen) atoms. The number of aromatic nitrogens is 4. The molecule has 0 radical (unpaired) electrons. The zero-order valence-electron chi connectivity index (χ0n) is 11.2. The van der Waals surface area contributed by atoms with E-state index in [1.165, 1.54) is 4.57 Å². The van der Waals surface area contributed by atoms with Crippen LogP contribution in [0.1, 0.15) is 26.1 Å². The monoisotopic (exact) mass is 266 g/mol. The molecule has 2 rings (SSSR count). The fourth-order valence-electron chi connectivity index (χ4n) is 1.99. The van der Waals surface area contributed by atoms with Gasteiger partial charge in [0.25, 0.3) is 5.56 Å². The highest BCUT2D eigenvalue weighted by Gasteiger charge is 2.11. The van der Waals surface area contributed by atoms with E-state index in [9.17, 15) is 9.59 Å². The Bertz CT molecular complexity index is 668. The summed E-state index contributed by atoms with van der Waals surface area (Å²) in [5.74, 6) is 0.702. The molecule has 0 bridgehead atoms. The normalized spacial score (nSPS) is 11.3. The Balaban J connectivity index is 2.32. The Morgan fingerprint density at radius 3 is 2.74 bits per heavy atom. The third-order valence-electron chi connectivity index (χ3n) is 2.90. The molecule has 2 N–H and O–H groups in total. The molecule has 0 amide bonds. The Labute approximate surface area is 109 Å². The summed E-state index contributed by atoms with van der Waals surface area (Å²) >= 11 is 0. The van der Waals surface area contributed by atoms with Crippen LogP contribution >= 0.6 is 0 Å². The van der Waals surface area contributed by atoms with Gasteiger partial charge in [-0.2, -0.15) is 0 Å². The first-order valence-corrected chi connectivity index (χ1v) is 6.46. The zero-order valence-corrected chi connectivity index (χ0v) is 11.2. The summed E-state index contributed by atoms with van der Waals surface area (Å²) in [7, 11) is 0. The number of ether oxygens (including phenoxy) is 1. The van der Waals surface area contributed by atoms with Crippen LogP contribution in [0.25, 0.3) is 11.2 Å². The Morgan fingerprint density at radius 1 is 1.26 bits per heavy atom. The molecule has 104 valence electrons. The molecule has 7 nitrogen and oxygen atoms in total. The molecular weight excluding hydrogens is 248 g/mol. The summed E-state index contributed by atoms with van der Waals surface area (Å²) in [6, 6.07) is 0. The Kier molecular flexibility index (Phi) is 4.16. The van der Waals surface area contributed by atoms with E-state index in [-0.39, 0.29) is 0 Å². The van der Waals surface area contributed by atoms with Gasteiger partial charge in [-0.05, 0) is 20.3 Å². The summed E-state index contributed by atoms with van der Waals surface area (Å²) < 4.78 is 6.70. The van der Waals surface area contributed by atoms with E-state index in [1.807, 2.05) is 13.8 Å². The number of H-pyrrole nitrogens is 2. The molecule has 7 heteroatoms. The van der Waals surface area contributed by atoms with Gasteiger partial charge in [0.1, 0.15) is 11.3 Å². The molecule has 2 heterocycles. The maximum absolute atomic E-state index is 11.7. The molecule has 0 aliphatic carbocycles. The van der Waals surface area contributed by atoms with E-state index >= 15 is 0 Å². The first-order valence-electron chi connectivity index (χ1n) is 6.46. The van der Waals surface area contributed by atoms with Gasteiger partial charge < -0.3 is 9.72 Å². The van der Waals surface area contributed by atoms with Gasteiger partial charge in [0, 0.05) is 26.2 Å². The lowest BCUT2D eigenvalue weighted by Crippen LogP contribution is -2.29. The molecule has 0 fully saturated rings. The zero-order chi connectivity index (χ0) is 13.8. The summed E-state index contributed by atoms with van der Waals surface area (Å²) in [4.78, 5) is 32.9. The summed E-state index contributed by atoms with van der Waals surface area (Å²) in [5, 5.41) is 0. The molecular formula is C12H18N4O3. The van der Waals surface area contributed by atoms with E-state index in [0.717, 1.165) is 6.42 Å². The quantitative estimate of drug-likeness (QED) is 0.740.